The average molecular weight is 418 g/mol. The number of fused-ring (bicyclic) bond motifs is 3. The number of thioether (sulfide) groups is 1. The minimum absolute atomic E-state index is 0.0484. The number of nitrogens with zero attached hydrogens (tertiary/aromatic N) is 2. The van der Waals surface area contributed by atoms with Gasteiger partial charge in [-0.3, -0.25) is 9.59 Å². The maximum absolute atomic E-state index is 12.9. The molecule has 0 aliphatic carbocycles. The number of amides is 1. The van der Waals surface area contributed by atoms with E-state index in [0.29, 0.717) is 19.4 Å². The smallest absolute Gasteiger partial charge is 0.276 e. The number of nitrogens with one attached hydrogen (secondary N) is 1. The predicted octanol–water partition coefficient (Wildman–Crippen LogP) is 4.35. The second-order valence-corrected chi connectivity index (χ2v) is 9.11. The summed E-state index contributed by atoms with van der Waals surface area (Å²) in [4.78, 5) is 24.9. The van der Waals surface area contributed by atoms with Crippen LogP contribution < -0.4 is 10.9 Å². The van der Waals surface area contributed by atoms with Crippen molar-refractivity contribution in [3.05, 3.63) is 40.3 Å². The first-order valence-electron chi connectivity index (χ1n) is 9.85. The number of benzene rings is 1. The third-order valence-electron chi connectivity index (χ3n) is 4.55. The normalized spacial score (nSPS) is 11.4. The second-order valence-electron chi connectivity index (χ2n) is 6.84. The van der Waals surface area contributed by atoms with Crippen molar-refractivity contribution in [3.63, 3.8) is 0 Å². The molecule has 2 aromatic heterocycles. The highest BCUT2D eigenvalue weighted by Gasteiger charge is 2.14. The number of aromatic nitrogens is 2. The van der Waals surface area contributed by atoms with Crippen LogP contribution in [0.2, 0.25) is 0 Å². The van der Waals surface area contributed by atoms with Crippen LogP contribution in [0.4, 0.5) is 0 Å². The lowest BCUT2D eigenvalue weighted by Gasteiger charge is -2.08. The molecule has 5 nitrogen and oxygen atoms in total. The minimum Gasteiger partial charge on any atom is -0.356 e. The van der Waals surface area contributed by atoms with Crippen LogP contribution in [-0.4, -0.2) is 33.7 Å². The third kappa shape index (κ3) is 4.94. The average Bonchev–Trinajstić information content (AvgIpc) is 3.09. The quantitative estimate of drug-likeness (QED) is 0.498. The van der Waals surface area contributed by atoms with Crippen LogP contribution in [-0.2, 0) is 11.3 Å². The van der Waals surface area contributed by atoms with Gasteiger partial charge in [-0.15, -0.1) is 11.3 Å². The zero-order chi connectivity index (χ0) is 19.9. The maximum atomic E-state index is 12.9. The van der Waals surface area contributed by atoms with Crippen LogP contribution in [0.5, 0.6) is 0 Å². The minimum atomic E-state index is -0.0635. The summed E-state index contributed by atoms with van der Waals surface area (Å²) in [5, 5.41) is 9.18. The van der Waals surface area contributed by atoms with E-state index >= 15 is 0 Å². The molecule has 0 saturated heterocycles. The number of carbonyl (C=O) groups excluding carboxylic acids is 1. The van der Waals surface area contributed by atoms with Gasteiger partial charge in [-0.05, 0) is 43.8 Å². The lowest BCUT2D eigenvalue weighted by molar-refractivity contribution is -0.121. The van der Waals surface area contributed by atoms with Crippen molar-refractivity contribution in [2.24, 2.45) is 0 Å². The molecule has 0 aliphatic heterocycles. The Balaban J connectivity index is 1.58. The van der Waals surface area contributed by atoms with Crippen LogP contribution in [0.15, 0.2) is 29.1 Å². The standard InChI is InChI=1S/C21H27N3O2S2/c1-3-13-27-14-7-11-22-18(25)10-6-12-24-21(26)19-16-8-4-5-9-17(16)28-20(19)15(2)23-24/h4-5,8-9H,3,6-7,10-14H2,1-2H3,(H,22,25). The van der Waals surface area contributed by atoms with Gasteiger partial charge < -0.3 is 5.32 Å². The second kappa shape index (κ2) is 10.1. The third-order valence-corrected chi connectivity index (χ3v) is 7.11. The van der Waals surface area contributed by atoms with Crippen LogP contribution in [0.1, 0.15) is 38.3 Å². The number of hydrogen-bond acceptors (Lipinski definition) is 5. The Bertz CT molecular complexity index is 1010. The lowest BCUT2D eigenvalue weighted by atomic mass is 10.2. The van der Waals surface area contributed by atoms with Crippen molar-refractivity contribution in [1.29, 1.82) is 0 Å². The SMILES string of the molecule is CCCSCCCNC(=O)CCCn1nc(C)c2sc3ccccc3c2c1=O. The molecule has 150 valence electrons. The highest BCUT2D eigenvalue weighted by Crippen LogP contribution is 2.32. The first-order chi connectivity index (χ1) is 13.6. The summed E-state index contributed by atoms with van der Waals surface area (Å²) < 4.78 is 3.58. The van der Waals surface area contributed by atoms with E-state index in [9.17, 15) is 9.59 Å². The molecule has 1 amide bonds. The summed E-state index contributed by atoms with van der Waals surface area (Å²) in [6, 6.07) is 7.97. The number of aryl methyl sites for hydroxylation is 2. The molecule has 2 heterocycles. The van der Waals surface area contributed by atoms with E-state index in [4.69, 9.17) is 0 Å². The van der Waals surface area contributed by atoms with Gasteiger partial charge in [0.1, 0.15) is 0 Å². The summed E-state index contributed by atoms with van der Waals surface area (Å²) in [5.74, 6) is 2.31. The first kappa shape index (κ1) is 20.9. The Morgan fingerprint density at radius 2 is 2.07 bits per heavy atom. The van der Waals surface area contributed by atoms with Gasteiger partial charge in [-0.2, -0.15) is 16.9 Å². The van der Waals surface area contributed by atoms with Crippen molar-refractivity contribution in [2.45, 2.75) is 46.1 Å². The summed E-state index contributed by atoms with van der Waals surface area (Å²) in [6.07, 6.45) is 3.21. The number of rotatable bonds is 10. The first-order valence-corrected chi connectivity index (χ1v) is 11.8. The molecular formula is C21H27N3O2S2. The summed E-state index contributed by atoms with van der Waals surface area (Å²) in [5.41, 5.74) is 0.802. The fourth-order valence-corrected chi connectivity index (χ4v) is 5.17. The van der Waals surface area contributed by atoms with Gasteiger partial charge in [0.05, 0.1) is 15.8 Å². The molecule has 0 unspecified atom stereocenters. The van der Waals surface area contributed by atoms with Crippen LogP contribution in [0, 0.1) is 6.92 Å². The summed E-state index contributed by atoms with van der Waals surface area (Å²) in [7, 11) is 0. The Morgan fingerprint density at radius 3 is 2.89 bits per heavy atom. The molecule has 3 aromatic rings. The lowest BCUT2D eigenvalue weighted by Crippen LogP contribution is -2.27. The zero-order valence-corrected chi connectivity index (χ0v) is 18.1. The van der Waals surface area contributed by atoms with Gasteiger partial charge in [0.2, 0.25) is 5.91 Å². The molecule has 28 heavy (non-hydrogen) atoms. The zero-order valence-electron chi connectivity index (χ0n) is 16.5. The molecule has 0 saturated carbocycles. The number of carbonyl (C=O) groups is 1. The molecule has 0 bridgehead atoms. The molecule has 0 spiro atoms. The molecule has 0 aliphatic rings. The van der Waals surface area contributed by atoms with E-state index in [1.807, 2.05) is 43.0 Å². The monoisotopic (exact) mass is 417 g/mol. The molecule has 0 radical (unpaired) electrons. The van der Waals surface area contributed by atoms with E-state index in [0.717, 1.165) is 44.6 Å². The molecule has 7 heteroatoms. The molecule has 1 N–H and O–H groups in total. The van der Waals surface area contributed by atoms with E-state index in [-0.39, 0.29) is 11.5 Å². The number of thiophene rings is 1. The fraction of sp³-hybridized carbons (Fsp3) is 0.476. The Kier molecular flexibility index (Phi) is 7.50. The van der Waals surface area contributed by atoms with E-state index < -0.39 is 0 Å². The molecular weight excluding hydrogens is 390 g/mol. The van der Waals surface area contributed by atoms with Crippen molar-refractivity contribution >= 4 is 49.2 Å². The van der Waals surface area contributed by atoms with Gasteiger partial charge in [-0.1, -0.05) is 25.1 Å². The van der Waals surface area contributed by atoms with Gasteiger partial charge >= 0.3 is 0 Å². The Morgan fingerprint density at radius 1 is 1.25 bits per heavy atom. The molecule has 0 atom stereocenters. The fourth-order valence-electron chi connectivity index (χ4n) is 3.19. The Hall–Kier alpha value is -1.86. The predicted molar refractivity (Wildman–Crippen MR) is 121 cm³/mol. The summed E-state index contributed by atoms with van der Waals surface area (Å²) >= 11 is 3.54. The van der Waals surface area contributed by atoms with Crippen LogP contribution in [0.3, 0.4) is 0 Å². The van der Waals surface area contributed by atoms with E-state index in [1.54, 1.807) is 11.3 Å². The van der Waals surface area contributed by atoms with Crippen molar-refractivity contribution in [2.75, 3.05) is 18.1 Å². The maximum Gasteiger partial charge on any atom is 0.276 e. The highest BCUT2D eigenvalue weighted by molar-refractivity contribution is 7.99. The van der Waals surface area contributed by atoms with E-state index in [1.165, 1.54) is 16.9 Å². The Labute approximate surface area is 173 Å². The van der Waals surface area contributed by atoms with Crippen molar-refractivity contribution in [1.82, 2.24) is 15.1 Å². The largest absolute Gasteiger partial charge is 0.356 e. The number of hydrogen-bond donors (Lipinski definition) is 1. The van der Waals surface area contributed by atoms with Gasteiger partial charge in [-0.25, -0.2) is 4.68 Å². The van der Waals surface area contributed by atoms with E-state index in [2.05, 4.69) is 17.3 Å². The molecule has 1 aromatic carbocycles. The topological polar surface area (TPSA) is 64.0 Å². The molecule has 3 rings (SSSR count). The van der Waals surface area contributed by atoms with Crippen molar-refractivity contribution < 1.29 is 4.79 Å². The van der Waals surface area contributed by atoms with Crippen LogP contribution >= 0.6 is 23.1 Å². The molecule has 0 fully saturated rings. The van der Waals surface area contributed by atoms with Gasteiger partial charge in [0, 0.05) is 29.6 Å². The van der Waals surface area contributed by atoms with Crippen molar-refractivity contribution in [3.8, 4) is 0 Å². The van der Waals surface area contributed by atoms with Gasteiger partial charge in [0.15, 0.2) is 0 Å². The highest BCUT2D eigenvalue weighted by atomic mass is 32.2. The van der Waals surface area contributed by atoms with Gasteiger partial charge in [0.25, 0.3) is 5.56 Å². The summed E-state index contributed by atoms with van der Waals surface area (Å²) in [6.45, 7) is 5.30. The van der Waals surface area contributed by atoms with Crippen LogP contribution in [0.25, 0.3) is 20.2 Å².